The SMILES string of the molecule is C=CC1C=CC[C@@]12O[C@@H](C(C)(C)C)OC2=O. The zero-order chi connectivity index (χ0) is 12.0. The molecule has 3 atom stereocenters. The summed E-state index contributed by atoms with van der Waals surface area (Å²) < 4.78 is 11.2. The summed E-state index contributed by atoms with van der Waals surface area (Å²) in [7, 11) is 0. The zero-order valence-corrected chi connectivity index (χ0v) is 10.0. The van der Waals surface area contributed by atoms with E-state index in [-0.39, 0.29) is 17.3 Å². The van der Waals surface area contributed by atoms with Crippen LogP contribution in [0.1, 0.15) is 27.2 Å². The Labute approximate surface area is 96.1 Å². The third kappa shape index (κ3) is 1.50. The van der Waals surface area contributed by atoms with Crippen LogP contribution in [-0.2, 0) is 14.3 Å². The van der Waals surface area contributed by atoms with Gasteiger partial charge in [0, 0.05) is 17.8 Å². The summed E-state index contributed by atoms with van der Waals surface area (Å²) in [4.78, 5) is 12.0. The summed E-state index contributed by atoms with van der Waals surface area (Å²) in [6.07, 6.45) is 5.77. The molecular weight excluding hydrogens is 204 g/mol. The number of rotatable bonds is 1. The Morgan fingerprint density at radius 3 is 2.75 bits per heavy atom. The third-order valence-corrected chi connectivity index (χ3v) is 3.14. The van der Waals surface area contributed by atoms with Gasteiger partial charge in [0.15, 0.2) is 5.60 Å². The molecule has 0 bridgehead atoms. The van der Waals surface area contributed by atoms with Crippen molar-refractivity contribution in [1.82, 2.24) is 0 Å². The van der Waals surface area contributed by atoms with Crippen molar-refractivity contribution in [3.8, 4) is 0 Å². The van der Waals surface area contributed by atoms with Crippen LogP contribution in [0.2, 0.25) is 0 Å². The summed E-state index contributed by atoms with van der Waals surface area (Å²) in [6, 6.07) is 0. The Morgan fingerprint density at radius 1 is 1.56 bits per heavy atom. The minimum absolute atomic E-state index is 0.0765. The molecule has 1 spiro atoms. The van der Waals surface area contributed by atoms with E-state index in [1.165, 1.54) is 0 Å². The predicted octanol–water partition coefficient (Wildman–Crippen LogP) is 2.43. The maximum atomic E-state index is 12.0. The lowest BCUT2D eigenvalue weighted by Gasteiger charge is -2.28. The molecule has 0 aromatic heterocycles. The first kappa shape index (κ1) is 11.4. The molecule has 1 unspecified atom stereocenters. The maximum absolute atomic E-state index is 12.0. The van der Waals surface area contributed by atoms with Gasteiger partial charge in [-0.05, 0) is 0 Å². The zero-order valence-electron chi connectivity index (χ0n) is 10.0. The van der Waals surface area contributed by atoms with Crippen LogP contribution in [0, 0.1) is 11.3 Å². The van der Waals surface area contributed by atoms with E-state index < -0.39 is 11.9 Å². The molecule has 0 saturated carbocycles. The smallest absolute Gasteiger partial charge is 0.342 e. The fraction of sp³-hybridized carbons (Fsp3) is 0.615. The van der Waals surface area contributed by atoms with Crippen molar-refractivity contribution < 1.29 is 14.3 Å². The van der Waals surface area contributed by atoms with Crippen LogP contribution < -0.4 is 0 Å². The van der Waals surface area contributed by atoms with Crippen molar-refractivity contribution >= 4 is 5.97 Å². The predicted molar refractivity (Wildman–Crippen MR) is 60.6 cm³/mol. The maximum Gasteiger partial charge on any atom is 0.342 e. The minimum atomic E-state index is -0.848. The Kier molecular flexibility index (Phi) is 2.46. The molecule has 0 aromatic carbocycles. The van der Waals surface area contributed by atoms with E-state index in [0.717, 1.165) is 0 Å². The van der Waals surface area contributed by atoms with E-state index in [4.69, 9.17) is 9.47 Å². The molecule has 1 heterocycles. The summed E-state index contributed by atoms with van der Waals surface area (Å²) in [5.41, 5.74) is -1.05. The number of ether oxygens (including phenoxy) is 2. The largest absolute Gasteiger partial charge is 0.433 e. The van der Waals surface area contributed by atoms with Crippen LogP contribution >= 0.6 is 0 Å². The number of esters is 1. The average molecular weight is 222 g/mol. The highest BCUT2D eigenvalue weighted by molar-refractivity contribution is 5.83. The molecule has 88 valence electrons. The van der Waals surface area contributed by atoms with Crippen molar-refractivity contribution in [2.45, 2.75) is 39.1 Å². The fourth-order valence-electron chi connectivity index (χ4n) is 2.11. The van der Waals surface area contributed by atoms with Gasteiger partial charge >= 0.3 is 5.97 Å². The van der Waals surface area contributed by atoms with Gasteiger partial charge in [-0.1, -0.05) is 39.0 Å². The Bertz CT molecular complexity index is 351. The van der Waals surface area contributed by atoms with Gasteiger partial charge in [-0.2, -0.15) is 0 Å². The van der Waals surface area contributed by atoms with Crippen LogP contribution in [0.15, 0.2) is 24.8 Å². The summed E-state index contributed by atoms with van der Waals surface area (Å²) in [5, 5.41) is 0. The standard InChI is InChI=1S/C13H18O3/c1-5-9-7-6-8-13(9)10(14)15-11(16-13)12(2,3)4/h5-7,9,11H,1,8H2,2-4H3/t9?,11-,13+/m0/s1. The molecule has 2 rings (SSSR count). The van der Waals surface area contributed by atoms with Gasteiger partial charge < -0.3 is 9.47 Å². The second-order valence-electron chi connectivity index (χ2n) is 5.50. The number of hydrogen-bond donors (Lipinski definition) is 0. The van der Waals surface area contributed by atoms with Gasteiger partial charge in [0.25, 0.3) is 0 Å². The van der Waals surface area contributed by atoms with Crippen LogP contribution in [-0.4, -0.2) is 17.9 Å². The van der Waals surface area contributed by atoms with Crippen LogP contribution in [0.4, 0.5) is 0 Å². The lowest BCUT2D eigenvalue weighted by molar-refractivity contribution is -0.156. The lowest BCUT2D eigenvalue weighted by Crippen LogP contribution is -2.40. The third-order valence-electron chi connectivity index (χ3n) is 3.14. The van der Waals surface area contributed by atoms with Gasteiger partial charge in [-0.3, -0.25) is 0 Å². The number of carbonyl (C=O) groups excluding carboxylic acids is 1. The number of carbonyl (C=O) groups is 1. The number of cyclic esters (lactones) is 1. The Balaban J connectivity index is 2.26. The van der Waals surface area contributed by atoms with Crippen LogP contribution in [0.25, 0.3) is 0 Å². The highest BCUT2D eigenvalue weighted by Crippen LogP contribution is 2.44. The molecule has 16 heavy (non-hydrogen) atoms. The molecule has 0 N–H and O–H groups in total. The normalized spacial score (nSPS) is 38.1. The molecular formula is C13H18O3. The summed E-state index contributed by atoms with van der Waals surface area (Å²) in [6.45, 7) is 9.73. The van der Waals surface area contributed by atoms with E-state index in [0.29, 0.717) is 6.42 Å². The fourth-order valence-corrected chi connectivity index (χ4v) is 2.11. The lowest BCUT2D eigenvalue weighted by atomic mass is 9.90. The number of hydrogen-bond acceptors (Lipinski definition) is 3. The molecule has 0 aromatic rings. The van der Waals surface area contributed by atoms with Gasteiger partial charge in [0.1, 0.15) is 0 Å². The van der Waals surface area contributed by atoms with Crippen LogP contribution in [0.5, 0.6) is 0 Å². The van der Waals surface area contributed by atoms with E-state index in [9.17, 15) is 4.79 Å². The molecule has 0 amide bonds. The Hall–Kier alpha value is -1.09. The van der Waals surface area contributed by atoms with E-state index >= 15 is 0 Å². The quantitative estimate of drug-likeness (QED) is 0.505. The van der Waals surface area contributed by atoms with Crippen molar-refractivity contribution in [3.05, 3.63) is 24.8 Å². The van der Waals surface area contributed by atoms with E-state index in [1.807, 2.05) is 32.9 Å². The second-order valence-corrected chi connectivity index (χ2v) is 5.50. The van der Waals surface area contributed by atoms with Gasteiger partial charge in [-0.25, -0.2) is 4.79 Å². The van der Waals surface area contributed by atoms with Crippen molar-refractivity contribution in [1.29, 1.82) is 0 Å². The highest BCUT2D eigenvalue weighted by atomic mass is 16.8. The molecule has 2 aliphatic rings. The minimum Gasteiger partial charge on any atom is -0.433 e. The van der Waals surface area contributed by atoms with Crippen molar-refractivity contribution in [2.24, 2.45) is 11.3 Å². The van der Waals surface area contributed by atoms with Crippen molar-refractivity contribution in [2.75, 3.05) is 0 Å². The van der Waals surface area contributed by atoms with E-state index in [1.54, 1.807) is 6.08 Å². The summed E-state index contributed by atoms with van der Waals surface area (Å²) >= 11 is 0. The van der Waals surface area contributed by atoms with Crippen molar-refractivity contribution in [3.63, 3.8) is 0 Å². The second kappa shape index (κ2) is 3.45. The molecule has 1 saturated heterocycles. The monoisotopic (exact) mass is 222 g/mol. The molecule has 1 aliphatic heterocycles. The average Bonchev–Trinajstić information content (AvgIpc) is 2.73. The Morgan fingerprint density at radius 2 is 2.25 bits per heavy atom. The van der Waals surface area contributed by atoms with Gasteiger partial charge in [-0.15, -0.1) is 6.58 Å². The van der Waals surface area contributed by atoms with Gasteiger partial charge in [0.2, 0.25) is 6.29 Å². The van der Waals surface area contributed by atoms with E-state index in [2.05, 4.69) is 6.58 Å². The highest BCUT2D eigenvalue weighted by Gasteiger charge is 2.57. The first-order valence-corrected chi connectivity index (χ1v) is 5.58. The molecule has 0 radical (unpaired) electrons. The van der Waals surface area contributed by atoms with Crippen LogP contribution in [0.3, 0.4) is 0 Å². The first-order valence-electron chi connectivity index (χ1n) is 5.58. The van der Waals surface area contributed by atoms with Gasteiger partial charge in [0.05, 0.1) is 0 Å². The summed E-state index contributed by atoms with van der Waals surface area (Å²) in [5.74, 6) is -0.338. The molecule has 1 fully saturated rings. The topological polar surface area (TPSA) is 35.5 Å². The molecule has 1 aliphatic carbocycles. The molecule has 3 nitrogen and oxygen atoms in total. The molecule has 3 heteroatoms. The first-order chi connectivity index (χ1) is 7.40.